The number of amides is 2. The molecule has 5 heteroatoms. The van der Waals surface area contributed by atoms with Gasteiger partial charge < -0.3 is 10.4 Å². The van der Waals surface area contributed by atoms with Crippen molar-refractivity contribution < 1.29 is 14.7 Å². The minimum absolute atomic E-state index is 0.0653. The highest BCUT2D eigenvalue weighted by molar-refractivity contribution is 6.02. The number of fused-ring (bicyclic) bond motifs is 1. The number of urea groups is 1. The normalized spacial score (nSPS) is 15.8. The van der Waals surface area contributed by atoms with E-state index in [2.05, 4.69) is 58.1 Å². The third-order valence-corrected chi connectivity index (χ3v) is 7.51. The monoisotopic (exact) mass is 478 g/mol. The maximum absolute atomic E-state index is 13.5. The summed E-state index contributed by atoms with van der Waals surface area (Å²) in [5.74, 6) is -0.979. The first-order chi connectivity index (χ1) is 16.5. The lowest BCUT2D eigenvalue weighted by Crippen LogP contribution is -2.37. The molecule has 1 aliphatic carbocycles. The lowest BCUT2D eigenvalue weighted by Gasteiger charge is -2.42. The second kappa shape index (κ2) is 11.3. The third-order valence-electron chi connectivity index (χ3n) is 7.51. The molecule has 2 aromatic carbocycles. The summed E-state index contributed by atoms with van der Waals surface area (Å²) in [4.78, 5) is 26.5. The van der Waals surface area contributed by atoms with E-state index in [1.54, 1.807) is 12.1 Å². The van der Waals surface area contributed by atoms with E-state index >= 15 is 0 Å². The van der Waals surface area contributed by atoms with Crippen LogP contribution in [0.1, 0.15) is 107 Å². The van der Waals surface area contributed by atoms with Gasteiger partial charge in [-0.15, -0.1) is 0 Å². The molecule has 0 radical (unpaired) electrons. The van der Waals surface area contributed by atoms with Crippen LogP contribution in [0.4, 0.5) is 16.2 Å². The Morgan fingerprint density at radius 2 is 1.46 bits per heavy atom. The second-order valence-electron chi connectivity index (χ2n) is 11.2. The number of hydrogen-bond donors (Lipinski definition) is 2. The van der Waals surface area contributed by atoms with Gasteiger partial charge in [-0.05, 0) is 77.6 Å². The molecule has 1 aliphatic rings. The van der Waals surface area contributed by atoms with Crippen LogP contribution in [0.3, 0.4) is 0 Å². The van der Waals surface area contributed by atoms with Crippen molar-refractivity contribution in [1.29, 1.82) is 0 Å². The van der Waals surface area contributed by atoms with Crippen molar-refractivity contribution in [2.45, 2.75) is 96.8 Å². The zero-order valence-corrected chi connectivity index (χ0v) is 22.1. The van der Waals surface area contributed by atoms with Gasteiger partial charge in [0.15, 0.2) is 0 Å². The average molecular weight is 479 g/mol. The minimum Gasteiger partial charge on any atom is -0.478 e. The summed E-state index contributed by atoms with van der Waals surface area (Å²) in [7, 11) is 0. The van der Waals surface area contributed by atoms with Crippen molar-refractivity contribution in [3.63, 3.8) is 0 Å². The van der Waals surface area contributed by atoms with Gasteiger partial charge in [-0.2, -0.15) is 0 Å². The summed E-state index contributed by atoms with van der Waals surface area (Å²) in [6.07, 6.45) is 9.22. The fraction of sp³-hybridized carbons (Fsp3) is 0.533. The Morgan fingerprint density at radius 1 is 0.857 bits per heavy atom. The van der Waals surface area contributed by atoms with E-state index in [4.69, 9.17) is 5.11 Å². The van der Waals surface area contributed by atoms with Gasteiger partial charge in [0.05, 0.1) is 5.56 Å². The topological polar surface area (TPSA) is 69.6 Å². The molecule has 0 unspecified atom stereocenters. The molecule has 190 valence electrons. The van der Waals surface area contributed by atoms with Crippen molar-refractivity contribution in [3.05, 3.63) is 59.2 Å². The van der Waals surface area contributed by atoms with E-state index in [1.807, 2.05) is 4.90 Å². The number of carbonyl (C=O) groups is 2. The SMILES string of the molecule is CCCCCCCCN(C(=O)Nc1ccc(C(=O)O)cc1)c1ccc2c(c1)C(C)(C)CCC2(C)C. The Balaban J connectivity index is 1.85. The number of hydrogen-bond acceptors (Lipinski definition) is 2. The summed E-state index contributed by atoms with van der Waals surface area (Å²) in [5.41, 5.74) is 4.61. The molecular weight excluding hydrogens is 436 g/mol. The van der Waals surface area contributed by atoms with Crippen molar-refractivity contribution in [2.75, 3.05) is 16.8 Å². The molecule has 0 aromatic heterocycles. The number of nitrogens with one attached hydrogen (secondary N) is 1. The van der Waals surface area contributed by atoms with Gasteiger partial charge in [0, 0.05) is 17.9 Å². The molecule has 35 heavy (non-hydrogen) atoms. The Bertz CT molecular complexity index is 1020. The summed E-state index contributed by atoms with van der Waals surface area (Å²) < 4.78 is 0. The van der Waals surface area contributed by atoms with Crippen LogP contribution in [0.2, 0.25) is 0 Å². The molecule has 3 rings (SSSR count). The first-order valence-electron chi connectivity index (χ1n) is 13.1. The number of nitrogens with zero attached hydrogens (tertiary/aromatic N) is 1. The van der Waals surface area contributed by atoms with E-state index in [0.29, 0.717) is 12.2 Å². The maximum Gasteiger partial charge on any atom is 0.335 e. The molecule has 0 saturated carbocycles. The molecule has 5 nitrogen and oxygen atoms in total. The molecule has 0 spiro atoms. The van der Waals surface area contributed by atoms with Gasteiger partial charge in [-0.3, -0.25) is 4.90 Å². The lowest BCUT2D eigenvalue weighted by molar-refractivity contribution is 0.0697. The van der Waals surface area contributed by atoms with Crippen LogP contribution in [-0.4, -0.2) is 23.7 Å². The number of benzene rings is 2. The zero-order valence-electron chi connectivity index (χ0n) is 22.1. The van der Waals surface area contributed by atoms with Crippen molar-refractivity contribution in [1.82, 2.24) is 0 Å². The summed E-state index contributed by atoms with van der Waals surface area (Å²) in [6.45, 7) is 12.1. The number of unbranched alkanes of at least 4 members (excludes halogenated alkanes) is 5. The Kier molecular flexibility index (Phi) is 8.63. The number of carboxylic acid groups (broad SMARTS) is 1. The molecule has 0 heterocycles. The summed E-state index contributed by atoms with van der Waals surface area (Å²) in [5, 5.41) is 12.1. The standard InChI is InChI=1S/C30H42N2O3/c1-6-7-8-9-10-11-20-32(28(35)31-23-14-12-22(13-15-23)27(33)34)24-16-17-25-26(21-24)30(4,5)19-18-29(25,2)3/h12-17,21H,6-11,18-20H2,1-5H3,(H,31,35)(H,33,34). The molecular formula is C30H42N2O3. The van der Waals surface area contributed by atoms with Crippen LogP contribution in [0.5, 0.6) is 0 Å². The van der Waals surface area contributed by atoms with Crippen molar-refractivity contribution in [2.24, 2.45) is 0 Å². The lowest BCUT2D eigenvalue weighted by atomic mass is 9.63. The number of rotatable bonds is 10. The molecule has 2 aromatic rings. The molecule has 0 bridgehead atoms. The predicted octanol–water partition coefficient (Wildman–Crippen LogP) is 8.13. The highest BCUT2D eigenvalue weighted by atomic mass is 16.4. The Morgan fingerprint density at radius 3 is 2.09 bits per heavy atom. The summed E-state index contributed by atoms with van der Waals surface area (Å²) >= 11 is 0. The van der Waals surface area contributed by atoms with E-state index in [9.17, 15) is 9.59 Å². The Hall–Kier alpha value is -2.82. The van der Waals surface area contributed by atoms with Gasteiger partial charge in [0.25, 0.3) is 0 Å². The fourth-order valence-corrected chi connectivity index (χ4v) is 5.03. The summed E-state index contributed by atoms with van der Waals surface area (Å²) in [6, 6.07) is 12.7. The molecule has 0 fully saturated rings. The maximum atomic E-state index is 13.5. The van der Waals surface area contributed by atoms with Gasteiger partial charge >= 0.3 is 12.0 Å². The van der Waals surface area contributed by atoms with Crippen molar-refractivity contribution >= 4 is 23.4 Å². The van der Waals surface area contributed by atoms with E-state index in [1.165, 1.54) is 48.9 Å². The molecule has 0 saturated heterocycles. The van der Waals surface area contributed by atoms with Gasteiger partial charge in [-0.1, -0.05) is 72.8 Å². The predicted molar refractivity (Wildman–Crippen MR) is 145 cm³/mol. The van der Waals surface area contributed by atoms with E-state index < -0.39 is 5.97 Å². The van der Waals surface area contributed by atoms with Gasteiger partial charge in [0.2, 0.25) is 0 Å². The quantitative estimate of drug-likeness (QED) is 0.339. The number of anilines is 2. The first-order valence-corrected chi connectivity index (χ1v) is 13.1. The van der Waals surface area contributed by atoms with Crippen LogP contribution >= 0.6 is 0 Å². The molecule has 0 aliphatic heterocycles. The zero-order chi connectivity index (χ0) is 25.6. The van der Waals surface area contributed by atoms with Crippen LogP contribution < -0.4 is 10.2 Å². The molecule has 2 N–H and O–H groups in total. The minimum atomic E-state index is -0.979. The van der Waals surface area contributed by atoms with E-state index in [0.717, 1.165) is 31.4 Å². The fourth-order valence-electron chi connectivity index (χ4n) is 5.03. The molecule has 2 amide bonds. The van der Waals surface area contributed by atoms with E-state index in [-0.39, 0.29) is 22.4 Å². The van der Waals surface area contributed by atoms with Crippen LogP contribution in [0.15, 0.2) is 42.5 Å². The van der Waals surface area contributed by atoms with Crippen molar-refractivity contribution in [3.8, 4) is 0 Å². The van der Waals surface area contributed by atoms with Crippen LogP contribution in [0, 0.1) is 0 Å². The third kappa shape index (κ3) is 6.65. The highest BCUT2D eigenvalue weighted by Gasteiger charge is 2.37. The van der Waals surface area contributed by atoms with Crippen LogP contribution in [0.25, 0.3) is 0 Å². The van der Waals surface area contributed by atoms with Gasteiger partial charge in [0.1, 0.15) is 0 Å². The largest absolute Gasteiger partial charge is 0.478 e. The smallest absolute Gasteiger partial charge is 0.335 e. The van der Waals surface area contributed by atoms with Crippen LogP contribution in [-0.2, 0) is 10.8 Å². The second-order valence-corrected chi connectivity index (χ2v) is 11.2. The number of carboxylic acids is 1. The van der Waals surface area contributed by atoms with Gasteiger partial charge in [-0.25, -0.2) is 9.59 Å². The first kappa shape index (κ1) is 26.8. The number of aromatic carboxylic acids is 1. The number of carbonyl (C=O) groups excluding carboxylic acids is 1. The molecule has 0 atom stereocenters. The average Bonchev–Trinajstić information content (AvgIpc) is 2.82. The Labute approximate surface area is 210 Å². The highest BCUT2D eigenvalue weighted by Crippen LogP contribution is 2.46.